The van der Waals surface area contributed by atoms with E-state index in [-0.39, 0.29) is 17.3 Å². The zero-order valence-corrected chi connectivity index (χ0v) is 12.4. The number of methoxy groups -OCH3 is 1. The highest BCUT2D eigenvalue weighted by Crippen LogP contribution is 2.15. The Morgan fingerprint density at radius 1 is 1.33 bits per heavy atom. The average molecular weight is 313 g/mol. The Morgan fingerprint density at radius 2 is 2.00 bits per heavy atom. The van der Waals surface area contributed by atoms with E-state index in [0.717, 1.165) is 4.57 Å². The monoisotopic (exact) mass is 312 g/mol. The minimum atomic E-state index is -0.523. The number of halogens is 1. The highest BCUT2D eigenvalue weighted by molar-refractivity contribution is 6.29. The molecule has 0 radical (unpaired) electrons. The summed E-state index contributed by atoms with van der Waals surface area (Å²) < 4.78 is 8.17. The van der Waals surface area contributed by atoms with Gasteiger partial charge in [-0.25, -0.2) is 14.6 Å². The van der Waals surface area contributed by atoms with Crippen LogP contribution >= 0.6 is 11.6 Å². The van der Waals surface area contributed by atoms with Crippen LogP contribution in [-0.4, -0.2) is 31.8 Å². The van der Waals surface area contributed by atoms with E-state index in [0.29, 0.717) is 5.65 Å². The molecule has 0 fully saturated rings. The molecule has 21 heavy (non-hydrogen) atoms. The third-order valence-electron chi connectivity index (χ3n) is 3.04. The van der Waals surface area contributed by atoms with Crippen LogP contribution in [0.4, 0.5) is 0 Å². The van der Waals surface area contributed by atoms with Gasteiger partial charge in [-0.15, -0.1) is 0 Å². The van der Waals surface area contributed by atoms with Gasteiger partial charge in [0.15, 0.2) is 11.2 Å². The SMILES string of the molecule is COC(=O)/C=C\Cn1c(Cl)nc2c(=O)n(C)c(=O)n(C)c21. The highest BCUT2D eigenvalue weighted by atomic mass is 35.5. The van der Waals surface area contributed by atoms with E-state index in [9.17, 15) is 14.4 Å². The van der Waals surface area contributed by atoms with Gasteiger partial charge in [0.05, 0.1) is 7.11 Å². The molecule has 2 rings (SSSR count). The predicted octanol–water partition coefficient (Wildman–Crippen LogP) is -0.184. The lowest BCUT2D eigenvalue weighted by molar-refractivity contribution is -0.134. The van der Waals surface area contributed by atoms with Crippen molar-refractivity contribution in [2.24, 2.45) is 14.1 Å². The summed E-state index contributed by atoms with van der Waals surface area (Å²) in [6, 6.07) is 0. The number of rotatable bonds is 3. The Bertz CT molecular complexity index is 859. The maximum atomic E-state index is 12.0. The van der Waals surface area contributed by atoms with E-state index in [2.05, 4.69) is 9.72 Å². The summed E-state index contributed by atoms with van der Waals surface area (Å²) in [4.78, 5) is 39.0. The first-order valence-electron chi connectivity index (χ1n) is 5.94. The molecule has 8 nitrogen and oxygen atoms in total. The molecule has 9 heteroatoms. The van der Waals surface area contributed by atoms with Gasteiger partial charge in [-0.05, 0) is 11.6 Å². The van der Waals surface area contributed by atoms with E-state index in [1.807, 2.05) is 0 Å². The Kier molecular flexibility index (Phi) is 3.99. The second kappa shape index (κ2) is 5.57. The fourth-order valence-corrected chi connectivity index (χ4v) is 2.18. The number of allylic oxidation sites excluding steroid dienone is 1. The first kappa shape index (κ1) is 15.0. The molecule has 0 saturated carbocycles. The highest BCUT2D eigenvalue weighted by Gasteiger charge is 2.17. The van der Waals surface area contributed by atoms with Crippen LogP contribution in [0.15, 0.2) is 21.7 Å². The summed E-state index contributed by atoms with van der Waals surface area (Å²) in [6.07, 6.45) is 2.72. The number of hydrogen-bond donors (Lipinski definition) is 0. The summed E-state index contributed by atoms with van der Waals surface area (Å²) in [5, 5.41) is 0.0535. The van der Waals surface area contributed by atoms with Crippen LogP contribution in [0.25, 0.3) is 11.2 Å². The quantitative estimate of drug-likeness (QED) is 0.445. The number of nitrogens with zero attached hydrogens (tertiary/aromatic N) is 4. The molecule has 0 saturated heterocycles. The predicted molar refractivity (Wildman–Crippen MR) is 76.4 cm³/mol. The van der Waals surface area contributed by atoms with Gasteiger partial charge < -0.3 is 4.74 Å². The summed E-state index contributed by atoms with van der Waals surface area (Å²) in [5.74, 6) is -0.514. The van der Waals surface area contributed by atoms with Gasteiger partial charge in [0.2, 0.25) is 5.28 Å². The van der Waals surface area contributed by atoms with Crippen LogP contribution in [0.2, 0.25) is 5.28 Å². The van der Waals surface area contributed by atoms with Crippen LogP contribution < -0.4 is 11.2 Å². The summed E-state index contributed by atoms with van der Waals surface area (Å²) >= 11 is 6.00. The van der Waals surface area contributed by atoms with E-state index in [1.54, 1.807) is 0 Å². The molecule has 112 valence electrons. The fourth-order valence-electron chi connectivity index (χ4n) is 1.95. The lowest BCUT2D eigenvalue weighted by atomic mass is 10.4. The number of carbonyl (C=O) groups excluding carboxylic acids is 1. The minimum Gasteiger partial charge on any atom is -0.466 e. The van der Waals surface area contributed by atoms with Gasteiger partial charge in [-0.3, -0.25) is 18.5 Å². The van der Waals surface area contributed by atoms with Crippen molar-refractivity contribution in [2.45, 2.75) is 6.54 Å². The number of ether oxygens (including phenoxy) is 1. The van der Waals surface area contributed by atoms with E-state index in [4.69, 9.17) is 11.6 Å². The van der Waals surface area contributed by atoms with Crippen LogP contribution in [0.3, 0.4) is 0 Å². The molecular weight excluding hydrogens is 300 g/mol. The van der Waals surface area contributed by atoms with Gasteiger partial charge in [0.1, 0.15) is 0 Å². The summed E-state index contributed by atoms with van der Waals surface area (Å²) in [7, 11) is 4.15. The van der Waals surface area contributed by atoms with Crippen molar-refractivity contribution in [3.63, 3.8) is 0 Å². The fraction of sp³-hybridized carbons (Fsp3) is 0.333. The number of hydrogen-bond acceptors (Lipinski definition) is 5. The summed E-state index contributed by atoms with van der Waals surface area (Å²) in [5.41, 5.74) is -0.619. The molecule has 0 aliphatic rings. The molecule has 2 aromatic rings. The number of carbonyl (C=O) groups is 1. The van der Waals surface area contributed by atoms with Crippen LogP contribution in [0, 0.1) is 0 Å². The lowest BCUT2D eigenvalue weighted by Crippen LogP contribution is -2.37. The van der Waals surface area contributed by atoms with E-state index >= 15 is 0 Å². The second-order valence-electron chi connectivity index (χ2n) is 4.29. The zero-order chi connectivity index (χ0) is 15.7. The Balaban J connectivity index is 2.63. The second-order valence-corrected chi connectivity index (χ2v) is 4.63. The molecule has 2 heterocycles. The van der Waals surface area contributed by atoms with Gasteiger partial charge in [0.25, 0.3) is 5.56 Å². The molecule has 0 N–H and O–H groups in total. The molecule has 0 atom stereocenters. The topological polar surface area (TPSA) is 88.1 Å². The first-order chi connectivity index (χ1) is 9.88. The zero-order valence-electron chi connectivity index (χ0n) is 11.7. The minimum absolute atomic E-state index is 0.0535. The molecule has 0 aliphatic heterocycles. The number of aryl methyl sites for hydroxylation is 1. The molecule has 0 aromatic carbocycles. The molecule has 0 bridgehead atoms. The molecule has 0 aliphatic carbocycles. The molecular formula is C12H13ClN4O4. The van der Waals surface area contributed by atoms with E-state index < -0.39 is 17.2 Å². The lowest BCUT2D eigenvalue weighted by Gasteiger charge is -2.07. The normalized spacial score (nSPS) is 11.4. The smallest absolute Gasteiger partial charge is 0.332 e. The van der Waals surface area contributed by atoms with Gasteiger partial charge in [-0.2, -0.15) is 0 Å². The molecule has 0 spiro atoms. The van der Waals surface area contributed by atoms with Crippen molar-refractivity contribution in [3.8, 4) is 0 Å². The number of fused-ring (bicyclic) bond motifs is 1. The standard InChI is InChI=1S/C12H13ClN4O4/c1-15-9-8(10(19)16(2)12(15)20)14-11(13)17(9)6-4-5-7(18)21-3/h4-5H,6H2,1-3H3/b5-4-. The van der Waals surface area contributed by atoms with Crippen molar-refractivity contribution < 1.29 is 9.53 Å². The third kappa shape index (κ3) is 2.49. The Hall–Kier alpha value is -2.35. The van der Waals surface area contributed by atoms with Crippen molar-refractivity contribution >= 4 is 28.7 Å². The van der Waals surface area contributed by atoms with Gasteiger partial charge in [-0.1, -0.05) is 6.08 Å². The van der Waals surface area contributed by atoms with Gasteiger partial charge >= 0.3 is 11.7 Å². The molecule has 0 amide bonds. The Morgan fingerprint density at radius 3 is 2.62 bits per heavy atom. The Labute approximate surface area is 123 Å². The molecule has 2 aromatic heterocycles. The van der Waals surface area contributed by atoms with Crippen molar-refractivity contribution in [3.05, 3.63) is 38.3 Å². The number of aromatic nitrogens is 4. The maximum absolute atomic E-state index is 12.0. The largest absolute Gasteiger partial charge is 0.466 e. The van der Waals surface area contributed by atoms with Crippen molar-refractivity contribution in [1.29, 1.82) is 0 Å². The number of imidazole rings is 1. The van der Waals surface area contributed by atoms with Crippen LogP contribution in [0.5, 0.6) is 0 Å². The summed E-state index contributed by atoms with van der Waals surface area (Å²) in [6.45, 7) is 0.172. The van der Waals surface area contributed by atoms with Crippen molar-refractivity contribution in [1.82, 2.24) is 18.7 Å². The van der Waals surface area contributed by atoms with Crippen molar-refractivity contribution in [2.75, 3.05) is 7.11 Å². The van der Waals surface area contributed by atoms with Crippen LogP contribution in [0.1, 0.15) is 0 Å². The number of esters is 1. The molecule has 0 unspecified atom stereocenters. The maximum Gasteiger partial charge on any atom is 0.332 e. The third-order valence-corrected chi connectivity index (χ3v) is 3.32. The van der Waals surface area contributed by atoms with Gasteiger partial charge in [0, 0.05) is 26.7 Å². The van der Waals surface area contributed by atoms with Crippen LogP contribution in [-0.2, 0) is 30.2 Å². The van der Waals surface area contributed by atoms with E-state index in [1.165, 1.54) is 42.5 Å². The first-order valence-corrected chi connectivity index (χ1v) is 6.32. The average Bonchev–Trinajstić information content (AvgIpc) is 2.80.